The van der Waals surface area contributed by atoms with Gasteiger partial charge in [0.15, 0.2) is 0 Å². The second-order valence-electron chi connectivity index (χ2n) is 2.48. The molecule has 1 nitrogen and oxygen atoms in total. The molecule has 0 amide bonds. The van der Waals surface area contributed by atoms with Crippen LogP contribution in [0.15, 0.2) is 27.6 Å². The van der Waals surface area contributed by atoms with E-state index in [9.17, 15) is 0 Å². The Kier molecular flexibility index (Phi) is 4.12. The van der Waals surface area contributed by atoms with E-state index >= 15 is 0 Å². The molecule has 12 heavy (non-hydrogen) atoms. The predicted molar refractivity (Wildman–Crippen MR) is 56.7 cm³/mol. The number of hydrogen-bond acceptors (Lipinski definition) is 2. The van der Waals surface area contributed by atoms with E-state index in [0.29, 0.717) is 0 Å². The Bertz CT molecular complexity index is 263. The standard InChI is InChI=1S/C9H11BrOS/c1-7-2-3-8(10)6-9(7)12-5-4-11/h2-3,6,11H,4-5H2,1H3. The first-order valence-electron chi connectivity index (χ1n) is 3.74. The Morgan fingerprint density at radius 3 is 2.92 bits per heavy atom. The Morgan fingerprint density at radius 2 is 2.25 bits per heavy atom. The SMILES string of the molecule is Cc1ccc(Br)cc1SCCO. The molecule has 0 aliphatic heterocycles. The molecule has 1 aromatic carbocycles. The first kappa shape index (κ1) is 10.1. The van der Waals surface area contributed by atoms with Crippen LogP contribution in [0.3, 0.4) is 0 Å². The van der Waals surface area contributed by atoms with E-state index in [1.807, 2.05) is 6.07 Å². The first-order valence-corrected chi connectivity index (χ1v) is 5.51. The molecule has 0 spiro atoms. The number of rotatable bonds is 3. The van der Waals surface area contributed by atoms with Crippen LogP contribution in [0.25, 0.3) is 0 Å². The van der Waals surface area contributed by atoms with Crippen molar-refractivity contribution in [1.82, 2.24) is 0 Å². The summed E-state index contributed by atoms with van der Waals surface area (Å²) in [5, 5.41) is 8.66. The molecule has 1 rings (SSSR count). The second-order valence-corrected chi connectivity index (χ2v) is 4.53. The van der Waals surface area contributed by atoms with Crippen LogP contribution in [0.1, 0.15) is 5.56 Å². The van der Waals surface area contributed by atoms with Crippen LogP contribution in [-0.4, -0.2) is 17.5 Å². The maximum Gasteiger partial charge on any atom is 0.0525 e. The summed E-state index contributed by atoms with van der Waals surface area (Å²) in [4.78, 5) is 1.23. The lowest BCUT2D eigenvalue weighted by Gasteiger charge is -2.04. The van der Waals surface area contributed by atoms with Crippen molar-refractivity contribution in [2.24, 2.45) is 0 Å². The van der Waals surface area contributed by atoms with E-state index in [0.717, 1.165) is 10.2 Å². The third-order valence-corrected chi connectivity index (χ3v) is 3.13. The van der Waals surface area contributed by atoms with Gasteiger partial charge in [0, 0.05) is 15.1 Å². The molecule has 0 aliphatic rings. The van der Waals surface area contributed by atoms with Crippen LogP contribution in [0.5, 0.6) is 0 Å². The molecule has 0 aliphatic carbocycles. The smallest absolute Gasteiger partial charge is 0.0525 e. The number of thioether (sulfide) groups is 1. The summed E-state index contributed by atoms with van der Waals surface area (Å²) in [6.45, 7) is 2.31. The van der Waals surface area contributed by atoms with E-state index in [1.54, 1.807) is 11.8 Å². The molecule has 0 fully saturated rings. The number of benzene rings is 1. The molecule has 66 valence electrons. The summed E-state index contributed by atoms with van der Waals surface area (Å²) in [5.74, 6) is 0.761. The molecular weight excluding hydrogens is 236 g/mol. The van der Waals surface area contributed by atoms with Crippen molar-refractivity contribution in [3.8, 4) is 0 Å². The van der Waals surface area contributed by atoms with E-state index in [-0.39, 0.29) is 6.61 Å². The lowest BCUT2D eigenvalue weighted by atomic mass is 10.2. The fourth-order valence-corrected chi connectivity index (χ4v) is 2.21. The number of hydrogen-bond donors (Lipinski definition) is 1. The van der Waals surface area contributed by atoms with Gasteiger partial charge < -0.3 is 5.11 Å². The zero-order valence-electron chi connectivity index (χ0n) is 6.88. The fraction of sp³-hybridized carbons (Fsp3) is 0.333. The Labute approximate surface area is 85.3 Å². The monoisotopic (exact) mass is 246 g/mol. The number of halogens is 1. The molecule has 0 saturated heterocycles. The Morgan fingerprint density at radius 1 is 1.50 bits per heavy atom. The molecule has 0 heterocycles. The zero-order chi connectivity index (χ0) is 8.97. The minimum absolute atomic E-state index is 0.233. The van der Waals surface area contributed by atoms with Crippen LogP contribution in [0.4, 0.5) is 0 Å². The van der Waals surface area contributed by atoms with Crippen LogP contribution >= 0.6 is 27.7 Å². The van der Waals surface area contributed by atoms with Gasteiger partial charge in [-0.15, -0.1) is 11.8 Å². The van der Waals surface area contributed by atoms with Gasteiger partial charge >= 0.3 is 0 Å². The molecule has 1 N–H and O–H groups in total. The average Bonchev–Trinajstić information content (AvgIpc) is 2.07. The van der Waals surface area contributed by atoms with Crippen molar-refractivity contribution in [3.05, 3.63) is 28.2 Å². The van der Waals surface area contributed by atoms with E-state index < -0.39 is 0 Å². The fourth-order valence-electron chi connectivity index (χ4n) is 0.885. The molecule has 3 heteroatoms. The summed E-state index contributed by atoms with van der Waals surface area (Å²) in [6.07, 6.45) is 0. The van der Waals surface area contributed by atoms with Gasteiger partial charge in [-0.1, -0.05) is 22.0 Å². The molecule has 0 saturated carbocycles. The Balaban J connectivity index is 2.75. The summed E-state index contributed by atoms with van der Waals surface area (Å²) in [5.41, 5.74) is 1.26. The molecule has 0 radical (unpaired) electrons. The quantitative estimate of drug-likeness (QED) is 0.829. The van der Waals surface area contributed by atoms with Gasteiger partial charge in [-0.2, -0.15) is 0 Å². The number of aryl methyl sites for hydroxylation is 1. The number of aliphatic hydroxyl groups excluding tert-OH is 1. The molecule has 1 aromatic rings. The van der Waals surface area contributed by atoms with Crippen LogP contribution < -0.4 is 0 Å². The maximum absolute atomic E-state index is 8.66. The highest BCUT2D eigenvalue weighted by atomic mass is 79.9. The van der Waals surface area contributed by atoms with E-state index in [2.05, 4.69) is 35.0 Å². The third-order valence-electron chi connectivity index (χ3n) is 1.50. The third kappa shape index (κ3) is 2.81. The van der Waals surface area contributed by atoms with Crippen molar-refractivity contribution in [1.29, 1.82) is 0 Å². The average molecular weight is 247 g/mol. The van der Waals surface area contributed by atoms with Gasteiger partial charge in [0.25, 0.3) is 0 Å². The van der Waals surface area contributed by atoms with E-state index in [4.69, 9.17) is 5.11 Å². The molecule has 0 aromatic heterocycles. The summed E-state index contributed by atoms with van der Waals surface area (Å²) in [7, 11) is 0. The lowest BCUT2D eigenvalue weighted by molar-refractivity contribution is 0.322. The largest absolute Gasteiger partial charge is 0.396 e. The van der Waals surface area contributed by atoms with Crippen molar-refractivity contribution in [2.45, 2.75) is 11.8 Å². The van der Waals surface area contributed by atoms with Gasteiger partial charge in [-0.05, 0) is 24.6 Å². The summed E-state index contributed by atoms with van der Waals surface area (Å²) in [6, 6.07) is 6.18. The Hall–Kier alpha value is 0.01000. The van der Waals surface area contributed by atoms with Gasteiger partial charge in [-0.3, -0.25) is 0 Å². The molecule has 0 unspecified atom stereocenters. The topological polar surface area (TPSA) is 20.2 Å². The molecule has 0 bridgehead atoms. The lowest BCUT2D eigenvalue weighted by Crippen LogP contribution is -1.87. The van der Waals surface area contributed by atoms with Gasteiger partial charge in [0.05, 0.1) is 6.61 Å². The maximum atomic E-state index is 8.66. The summed E-state index contributed by atoms with van der Waals surface area (Å²) < 4.78 is 1.09. The van der Waals surface area contributed by atoms with Gasteiger partial charge in [0.1, 0.15) is 0 Å². The second kappa shape index (κ2) is 4.90. The van der Waals surface area contributed by atoms with Crippen LogP contribution in [0, 0.1) is 6.92 Å². The zero-order valence-corrected chi connectivity index (χ0v) is 9.28. The van der Waals surface area contributed by atoms with Crippen molar-refractivity contribution in [3.63, 3.8) is 0 Å². The molecule has 0 atom stereocenters. The minimum Gasteiger partial charge on any atom is -0.396 e. The predicted octanol–water partition coefficient (Wildman–Crippen LogP) is 2.84. The first-order chi connectivity index (χ1) is 5.74. The van der Waals surface area contributed by atoms with Crippen molar-refractivity contribution >= 4 is 27.7 Å². The highest BCUT2D eigenvalue weighted by molar-refractivity contribution is 9.10. The molecular formula is C9H11BrOS. The minimum atomic E-state index is 0.233. The van der Waals surface area contributed by atoms with Gasteiger partial charge in [-0.25, -0.2) is 0 Å². The highest BCUT2D eigenvalue weighted by Crippen LogP contribution is 2.25. The number of aliphatic hydroxyl groups is 1. The summed E-state index contributed by atoms with van der Waals surface area (Å²) >= 11 is 5.09. The van der Waals surface area contributed by atoms with Crippen molar-refractivity contribution in [2.75, 3.05) is 12.4 Å². The van der Waals surface area contributed by atoms with Gasteiger partial charge in [0.2, 0.25) is 0 Å². The van der Waals surface area contributed by atoms with Crippen LogP contribution in [-0.2, 0) is 0 Å². The van der Waals surface area contributed by atoms with E-state index in [1.165, 1.54) is 10.5 Å². The highest BCUT2D eigenvalue weighted by Gasteiger charge is 1.98. The van der Waals surface area contributed by atoms with Crippen molar-refractivity contribution < 1.29 is 5.11 Å². The van der Waals surface area contributed by atoms with Crippen LogP contribution in [0.2, 0.25) is 0 Å². The normalized spacial score (nSPS) is 10.2.